The summed E-state index contributed by atoms with van der Waals surface area (Å²) in [4.78, 5) is 32.4. The first-order chi connectivity index (χ1) is 16.0. The Labute approximate surface area is 193 Å². The van der Waals surface area contributed by atoms with E-state index >= 15 is 0 Å². The highest BCUT2D eigenvalue weighted by Gasteiger charge is 2.29. The smallest absolute Gasteiger partial charge is 0.274 e. The van der Waals surface area contributed by atoms with Crippen LogP contribution in [0, 0.1) is 0 Å². The zero-order valence-electron chi connectivity index (χ0n) is 18.0. The summed E-state index contributed by atoms with van der Waals surface area (Å²) >= 11 is -0.894. The average molecular weight is 463 g/mol. The third kappa shape index (κ3) is 4.22. The highest BCUT2D eigenvalue weighted by atomic mass is 32.2. The monoisotopic (exact) mass is 462 g/mol. The van der Waals surface area contributed by atoms with Crippen LogP contribution >= 0.6 is 0 Å². The number of pyridine rings is 1. The van der Waals surface area contributed by atoms with Gasteiger partial charge in [0.1, 0.15) is 22.8 Å². The highest BCUT2D eigenvalue weighted by molar-refractivity contribution is 7.91. The molecule has 4 aromatic rings. The van der Waals surface area contributed by atoms with Gasteiger partial charge in [0.05, 0.1) is 30.5 Å². The fraction of sp³-hybridized carbons (Fsp3) is 0.217. The maximum absolute atomic E-state index is 13.1. The Balaban J connectivity index is 1.37. The second-order valence-electron chi connectivity index (χ2n) is 7.80. The van der Waals surface area contributed by atoms with Crippen LogP contribution < -0.4 is 5.32 Å². The first-order valence-electron chi connectivity index (χ1n) is 10.5. The normalized spacial score (nSPS) is 14.5. The van der Waals surface area contributed by atoms with E-state index in [0.717, 1.165) is 11.3 Å². The van der Waals surface area contributed by atoms with E-state index in [4.69, 9.17) is 0 Å². The Morgan fingerprint density at radius 3 is 2.64 bits per heavy atom. The molecule has 1 saturated heterocycles. The topological polar surface area (TPSA) is 108 Å². The molecule has 0 aliphatic carbocycles. The molecule has 0 bridgehead atoms. The van der Waals surface area contributed by atoms with Gasteiger partial charge in [-0.2, -0.15) is 5.10 Å². The summed E-state index contributed by atoms with van der Waals surface area (Å²) in [6, 6.07) is 13.4. The molecule has 0 radical (unpaired) electrons. The van der Waals surface area contributed by atoms with Crippen molar-refractivity contribution in [3.63, 3.8) is 0 Å². The van der Waals surface area contributed by atoms with Crippen molar-refractivity contribution in [2.75, 3.05) is 29.9 Å². The van der Waals surface area contributed by atoms with E-state index in [-0.39, 0.29) is 17.2 Å². The molecule has 9 nitrogen and oxygen atoms in total. The van der Waals surface area contributed by atoms with E-state index in [2.05, 4.69) is 15.4 Å². The van der Waals surface area contributed by atoms with Gasteiger partial charge >= 0.3 is 0 Å². The van der Waals surface area contributed by atoms with Crippen molar-refractivity contribution in [1.82, 2.24) is 24.1 Å². The molecule has 0 atom stereocenters. The minimum atomic E-state index is -0.894. The average Bonchev–Trinajstić information content (AvgIpc) is 3.43. The standard InChI is InChI=1S/C23H22N6O3S/c1-27-21(18(14-24-27)23(31)28-9-11-33(32)12-10-28)22(30)25-17-7-8-29-15-19(26-20(29)13-17)16-5-3-2-4-6-16/h2-8,13-15H,9-12H2,1H3,(H,25,30). The third-order valence-electron chi connectivity index (χ3n) is 5.64. The van der Waals surface area contributed by atoms with E-state index < -0.39 is 17.1 Å². The van der Waals surface area contributed by atoms with Crippen molar-refractivity contribution in [3.05, 3.63) is 72.3 Å². The second-order valence-corrected chi connectivity index (χ2v) is 9.49. The molecule has 1 aliphatic heterocycles. The quantitative estimate of drug-likeness (QED) is 0.468. The van der Waals surface area contributed by atoms with Crippen LogP contribution in [0.5, 0.6) is 0 Å². The minimum Gasteiger partial charge on any atom is -0.616 e. The molecule has 1 aliphatic rings. The number of nitrogens with one attached hydrogen (secondary N) is 1. The van der Waals surface area contributed by atoms with Gasteiger partial charge in [0.2, 0.25) is 0 Å². The Morgan fingerprint density at radius 2 is 1.88 bits per heavy atom. The molecule has 10 heteroatoms. The Bertz CT molecular complexity index is 1320. The molecule has 168 valence electrons. The van der Waals surface area contributed by atoms with Crippen molar-refractivity contribution < 1.29 is 14.1 Å². The lowest BCUT2D eigenvalue weighted by atomic mass is 10.2. The van der Waals surface area contributed by atoms with Crippen LogP contribution in [0.2, 0.25) is 0 Å². The molecular weight excluding hydrogens is 440 g/mol. The molecule has 3 aromatic heterocycles. The summed E-state index contributed by atoms with van der Waals surface area (Å²) in [6.45, 7) is 0.809. The number of carbonyl (C=O) groups excluding carboxylic acids is 2. The summed E-state index contributed by atoms with van der Waals surface area (Å²) in [6.07, 6.45) is 5.17. The predicted molar refractivity (Wildman–Crippen MR) is 126 cm³/mol. The Kier molecular flexibility index (Phi) is 5.61. The summed E-state index contributed by atoms with van der Waals surface area (Å²) in [7, 11) is 1.63. The van der Waals surface area contributed by atoms with E-state index in [9.17, 15) is 14.1 Å². The van der Waals surface area contributed by atoms with Crippen LogP contribution in [0.25, 0.3) is 16.9 Å². The number of hydrogen-bond donors (Lipinski definition) is 1. The highest BCUT2D eigenvalue weighted by Crippen LogP contribution is 2.21. The molecule has 0 unspecified atom stereocenters. The number of aromatic nitrogens is 4. The van der Waals surface area contributed by atoms with E-state index in [1.165, 1.54) is 10.9 Å². The van der Waals surface area contributed by atoms with E-state index in [0.29, 0.717) is 35.9 Å². The zero-order valence-corrected chi connectivity index (χ0v) is 18.8. The number of nitrogens with zero attached hydrogens (tertiary/aromatic N) is 5. The van der Waals surface area contributed by atoms with Crippen molar-refractivity contribution in [3.8, 4) is 11.3 Å². The molecule has 5 rings (SSSR count). The maximum atomic E-state index is 13.1. The fourth-order valence-corrected chi connectivity index (χ4v) is 4.92. The Hall–Kier alpha value is -3.63. The first kappa shape index (κ1) is 21.2. The molecule has 1 N–H and O–H groups in total. The molecule has 2 amide bonds. The van der Waals surface area contributed by atoms with Crippen LogP contribution in [0.4, 0.5) is 5.69 Å². The van der Waals surface area contributed by atoms with Crippen LogP contribution in [-0.2, 0) is 18.2 Å². The van der Waals surface area contributed by atoms with Gasteiger partial charge in [0, 0.05) is 36.8 Å². The largest absolute Gasteiger partial charge is 0.616 e. The first-order valence-corrected chi connectivity index (χ1v) is 12.0. The molecule has 1 aromatic carbocycles. The minimum absolute atomic E-state index is 0.180. The van der Waals surface area contributed by atoms with E-state index in [1.807, 2.05) is 47.1 Å². The number of carbonyl (C=O) groups is 2. The zero-order chi connectivity index (χ0) is 22.9. The lowest BCUT2D eigenvalue weighted by Crippen LogP contribution is -2.44. The number of anilines is 1. The number of benzene rings is 1. The van der Waals surface area contributed by atoms with Crippen molar-refractivity contribution in [2.24, 2.45) is 7.05 Å². The SMILES string of the molecule is Cn1ncc(C(=O)N2CC[S+]([O-])CC2)c1C(=O)Nc1ccn2cc(-c3ccccc3)nc2c1. The number of imidazole rings is 1. The van der Waals surface area contributed by atoms with E-state index in [1.54, 1.807) is 24.1 Å². The summed E-state index contributed by atoms with van der Waals surface area (Å²) < 4.78 is 14.9. The van der Waals surface area contributed by atoms with Gasteiger partial charge < -0.3 is 19.2 Å². The molecular formula is C23H22N6O3S. The molecule has 33 heavy (non-hydrogen) atoms. The summed E-state index contributed by atoms with van der Waals surface area (Å²) in [5.41, 5.74) is 3.50. The third-order valence-corrected chi connectivity index (χ3v) is 6.91. The second kappa shape index (κ2) is 8.72. The van der Waals surface area contributed by atoms with Crippen LogP contribution in [0.1, 0.15) is 20.8 Å². The number of hydrogen-bond acceptors (Lipinski definition) is 5. The van der Waals surface area contributed by atoms with Crippen molar-refractivity contribution >= 4 is 34.3 Å². The van der Waals surface area contributed by atoms with Crippen molar-refractivity contribution in [2.45, 2.75) is 0 Å². The van der Waals surface area contributed by atoms with Gasteiger partial charge in [-0.05, 0) is 6.07 Å². The molecule has 1 fully saturated rings. The molecule has 4 heterocycles. The summed E-state index contributed by atoms with van der Waals surface area (Å²) in [5, 5.41) is 6.99. The number of fused-ring (bicyclic) bond motifs is 1. The van der Waals surface area contributed by atoms with Gasteiger partial charge in [-0.25, -0.2) is 4.98 Å². The van der Waals surface area contributed by atoms with Gasteiger partial charge in [-0.3, -0.25) is 14.3 Å². The van der Waals surface area contributed by atoms with Crippen LogP contribution in [0.3, 0.4) is 0 Å². The maximum Gasteiger partial charge on any atom is 0.274 e. The predicted octanol–water partition coefficient (Wildman–Crippen LogP) is 2.19. The number of rotatable bonds is 4. The van der Waals surface area contributed by atoms with Gasteiger partial charge in [-0.15, -0.1) is 0 Å². The van der Waals surface area contributed by atoms with Crippen molar-refractivity contribution in [1.29, 1.82) is 0 Å². The number of amides is 2. The van der Waals surface area contributed by atoms with Crippen LogP contribution in [0.15, 0.2) is 61.1 Å². The lowest BCUT2D eigenvalue weighted by molar-refractivity contribution is 0.0765. The summed E-state index contributed by atoms with van der Waals surface area (Å²) in [5.74, 6) is 0.186. The molecule has 0 spiro atoms. The fourth-order valence-electron chi connectivity index (χ4n) is 3.87. The van der Waals surface area contributed by atoms with Crippen LogP contribution in [-0.4, -0.2) is 65.0 Å². The Morgan fingerprint density at radius 1 is 1.12 bits per heavy atom. The number of aryl methyl sites for hydroxylation is 1. The van der Waals surface area contributed by atoms with Gasteiger partial charge in [0.25, 0.3) is 11.8 Å². The lowest BCUT2D eigenvalue weighted by Gasteiger charge is -2.28. The van der Waals surface area contributed by atoms with Gasteiger partial charge in [0.15, 0.2) is 0 Å². The van der Waals surface area contributed by atoms with Gasteiger partial charge in [-0.1, -0.05) is 41.5 Å². The molecule has 0 saturated carbocycles.